The number of carbonyl (C=O) groups excluding carboxylic acids is 3. The van der Waals surface area contributed by atoms with E-state index in [1.54, 1.807) is 0 Å². The molecule has 2 heterocycles. The monoisotopic (exact) mass is 306 g/mol. The van der Waals surface area contributed by atoms with Gasteiger partial charge in [0.25, 0.3) is 5.91 Å². The van der Waals surface area contributed by atoms with Gasteiger partial charge in [-0.2, -0.15) is 5.10 Å². The number of likely N-dealkylation sites (tertiary alicyclic amines) is 1. The van der Waals surface area contributed by atoms with Crippen LogP contribution in [-0.2, 0) is 14.4 Å². The minimum atomic E-state index is -0.205. The summed E-state index contributed by atoms with van der Waals surface area (Å²) in [6.45, 7) is 1.42. The molecule has 7 heteroatoms. The standard InChI is InChI=1S/C15H22N4O3/c20-13-5-4-12(17-18-13)14(21)16-11-6-8-19(9-7-11)15(22)10-2-1-3-10/h10-11H,1-9H2,(H,16,21)(H,18,20). The number of hydrogen-bond acceptors (Lipinski definition) is 4. The zero-order chi connectivity index (χ0) is 15.5. The minimum absolute atomic E-state index is 0.0817. The highest BCUT2D eigenvalue weighted by Crippen LogP contribution is 2.29. The first kappa shape index (κ1) is 15.0. The zero-order valence-corrected chi connectivity index (χ0v) is 12.6. The molecule has 2 N–H and O–H groups in total. The SMILES string of the molecule is O=C1CCC(C(=O)NC2CCN(C(=O)C3CCC3)CC2)=NN1. The molecule has 120 valence electrons. The molecule has 0 atom stereocenters. The van der Waals surface area contributed by atoms with Crippen molar-refractivity contribution >= 4 is 23.4 Å². The van der Waals surface area contributed by atoms with Crippen LogP contribution in [0.1, 0.15) is 44.9 Å². The van der Waals surface area contributed by atoms with Crippen LogP contribution >= 0.6 is 0 Å². The van der Waals surface area contributed by atoms with Crippen molar-refractivity contribution in [1.29, 1.82) is 0 Å². The second-order valence-corrected chi connectivity index (χ2v) is 6.29. The second-order valence-electron chi connectivity index (χ2n) is 6.29. The van der Waals surface area contributed by atoms with Crippen molar-refractivity contribution in [2.24, 2.45) is 11.0 Å². The number of piperidine rings is 1. The summed E-state index contributed by atoms with van der Waals surface area (Å²) >= 11 is 0. The smallest absolute Gasteiger partial charge is 0.267 e. The molecule has 0 aromatic carbocycles. The Balaban J connectivity index is 1.44. The van der Waals surface area contributed by atoms with Gasteiger partial charge in [-0.05, 0) is 25.7 Å². The number of hydrazone groups is 1. The summed E-state index contributed by atoms with van der Waals surface area (Å²) in [6, 6.07) is 0.0817. The number of carbonyl (C=O) groups is 3. The van der Waals surface area contributed by atoms with Crippen LogP contribution in [0.3, 0.4) is 0 Å². The lowest BCUT2D eigenvalue weighted by Gasteiger charge is -2.36. The lowest BCUT2D eigenvalue weighted by molar-refractivity contribution is -0.139. The maximum atomic E-state index is 12.2. The van der Waals surface area contributed by atoms with E-state index in [4.69, 9.17) is 0 Å². The molecule has 0 bridgehead atoms. The summed E-state index contributed by atoms with van der Waals surface area (Å²) in [5.74, 6) is 0.171. The first-order chi connectivity index (χ1) is 10.6. The molecular weight excluding hydrogens is 284 g/mol. The summed E-state index contributed by atoms with van der Waals surface area (Å²) in [6.07, 6.45) is 5.48. The fraction of sp³-hybridized carbons (Fsp3) is 0.733. The molecule has 3 amide bonds. The summed E-state index contributed by atoms with van der Waals surface area (Å²) in [4.78, 5) is 37.2. The largest absolute Gasteiger partial charge is 0.348 e. The molecule has 0 spiro atoms. The summed E-state index contributed by atoms with van der Waals surface area (Å²) in [5.41, 5.74) is 2.71. The predicted molar refractivity (Wildman–Crippen MR) is 79.9 cm³/mol. The molecule has 22 heavy (non-hydrogen) atoms. The van der Waals surface area contributed by atoms with Crippen molar-refractivity contribution in [3.05, 3.63) is 0 Å². The van der Waals surface area contributed by atoms with Crippen LogP contribution < -0.4 is 10.7 Å². The highest BCUT2D eigenvalue weighted by molar-refractivity contribution is 6.39. The van der Waals surface area contributed by atoms with E-state index in [1.807, 2.05) is 4.90 Å². The highest BCUT2D eigenvalue weighted by Gasteiger charge is 2.32. The Morgan fingerprint density at radius 1 is 1.14 bits per heavy atom. The zero-order valence-electron chi connectivity index (χ0n) is 12.6. The number of nitrogens with one attached hydrogen (secondary N) is 2. The highest BCUT2D eigenvalue weighted by atomic mass is 16.2. The van der Waals surface area contributed by atoms with E-state index in [2.05, 4.69) is 15.8 Å². The van der Waals surface area contributed by atoms with Crippen LogP contribution in [0.15, 0.2) is 5.10 Å². The molecular formula is C15H22N4O3. The fourth-order valence-electron chi connectivity index (χ4n) is 3.06. The Kier molecular flexibility index (Phi) is 4.40. The Morgan fingerprint density at radius 2 is 1.86 bits per heavy atom. The molecule has 0 unspecified atom stereocenters. The Morgan fingerprint density at radius 3 is 2.41 bits per heavy atom. The third kappa shape index (κ3) is 3.28. The molecule has 1 saturated carbocycles. The van der Waals surface area contributed by atoms with E-state index in [1.165, 1.54) is 6.42 Å². The maximum Gasteiger partial charge on any atom is 0.267 e. The summed E-state index contributed by atoms with van der Waals surface area (Å²) < 4.78 is 0. The van der Waals surface area contributed by atoms with Gasteiger partial charge in [0.15, 0.2) is 0 Å². The molecule has 1 aliphatic carbocycles. The lowest BCUT2D eigenvalue weighted by atomic mass is 9.84. The summed E-state index contributed by atoms with van der Waals surface area (Å²) in [7, 11) is 0. The predicted octanol–water partition coefficient (Wildman–Crippen LogP) is 0.160. The number of hydrogen-bond donors (Lipinski definition) is 2. The van der Waals surface area contributed by atoms with Gasteiger partial charge in [0.1, 0.15) is 5.71 Å². The maximum absolute atomic E-state index is 12.2. The van der Waals surface area contributed by atoms with E-state index in [0.29, 0.717) is 31.6 Å². The summed E-state index contributed by atoms with van der Waals surface area (Å²) in [5, 5.41) is 6.76. The number of amides is 3. The van der Waals surface area contributed by atoms with Gasteiger partial charge in [-0.15, -0.1) is 0 Å². The van der Waals surface area contributed by atoms with Crippen molar-refractivity contribution in [2.75, 3.05) is 13.1 Å². The quantitative estimate of drug-likeness (QED) is 0.778. The van der Waals surface area contributed by atoms with E-state index >= 15 is 0 Å². The molecule has 0 aromatic heterocycles. The van der Waals surface area contributed by atoms with Crippen molar-refractivity contribution in [2.45, 2.75) is 51.0 Å². The topological polar surface area (TPSA) is 90.9 Å². The first-order valence-corrected chi connectivity index (χ1v) is 8.08. The van der Waals surface area contributed by atoms with Gasteiger partial charge in [0.2, 0.25) is 11.8 Å². The first-order valence-electron chi connectivity index (χ1n) is 8.08. The van der Waals surface area contributed by atoms with Gasteiger partial charge in [-0.25, -0.2) is 5.43 Å². The minimum Gasteiger partial charge on any atom is -0.348 e. The van der Waals surface area contributed by atoms with Crippen LogP contribution in [-0.4, -0.2) is 47.5 Å². The van der Waals surface area contributed by atoms with Gasteiger partial charge in [-0.3, -0.25) is 14.4 Å². The van der Waals surface area contributed by atoms with Crippen molar-refractivity contribution < 1.29 is 14.4 Å². The van der Waals surface area contributed by atoms with Gasteiger partial charge < -0.3 is 10.2 Å². The van der Waals surface area contributed by atoms with E-state index in [0.717, 1.165) is 25.7 Å². The molecule has 3 aliphatic rings. The molecule has 3 rings (SSSR count). The van der Waals surface area contributed by atoms with Crippen LogP contribution in [0.2, 0.25) is 0 Å². The third-order valence-corrected chi connectivity index (χ3v) is 4.76. The van der Waals surface area contributed by atoms with Gasteiger partial charge in [0.05, 0.1) is 0 Å². The van der Waals surface area contributed by atoms with E-state index in [-0.39, 0.29) is 29.7 Å². The number of rotatable bonds is 3. The lowest BCUT2D eigenvalue weighted by Crippen LogP contribution is -2.50. The molecule has 1 saturated heterocycles. The van der Waals surface area contributed by atoms with Crippen molar-refractivity contribution in [3.63, 3.8) is 0 Å². The fourth-order valence-corrected chi connectivity index (χ4v) is 3.06. The Hall–Kier alpha value is -1.92. The average molecular weight is 306 g/mol. The van der Waals surface area contributed by atoms with Crippen molar-refractivity contribution in [1.82, 2.24) is 15.6 Å². The third-order valence-electron chi connectivity index (χ3n) is 4.76. The van der Waals surface area contributed by atoms with E-state index in [9.17, 15) is 14.4 Å². The average Bonchev–Trinajstić information content (AvgIpc) is 2.46. The van der Waals surface area contributed by atoms with Crippen LogP contribution in [0.5, 0.6) is 0 Å². The molecule has 7 nitrogen and oxygen atoms in total. The van der Waals surface area contributed by atoms with Crippen LogP contribution in [0.25, 0.3) is 0 Å². The van der Waals surface area contributed by atoms with Crippen molar-refractivity contribution in [3.8, 4) is 0 Å². The van der Waals surface area contributed by atoms with Gasteiger partial charge in [-0.1, -0.05) is 6.42 Å². The van der Waals surface area contributed by atoms with Crippen LogP contribution in [0, 0.1) is 5.92 Å². The molecule has 2 aliphatic heterocycles. The van der Waals surface area contributed by atoms with Crippen LogP contribution in [0.4, 0.5) is 0 Å². The Bertz CT molecular complexity index is 505. The van der Waals surface area contributed by atoms with Gasteiger partial charge >= 0.3 is 0 Å². The molecule has 0 radical (unpaired) electrons. The Labute approximate surface area is 129 Å². The second kappa shape index (κ2) is 6.46. The number of nitrogens with zero attached hydrogens (tertiary/aromatic N) is 2. The normalized spacial score (nSPS) is 23.4. The van der Waals surface area contributed by atoms with Gasteiger partial charge in [0, 0.05) is 37.9 Å². The molecule has 2 fully saturated rings. The molecule has 0 aromatic rings. The van der Waals surface area contributed by atoms with E-state index < -0.39 is 0 Å².